The molecule has 1 amide bonds. The molecule has 0 aliphatic carbocycles. The maximum absolute atomic E-state index is 13.9. The number of nitrogens with two attached hydrogens (primary N) is 1. The molecule has 0 aromatic heterocycles. The van der Waals surface area contributed by atoms with E-state index in [9.17, 15) is 18.0 Å². The van der Waals surface area contributed by atoms with Crippen molar-refractivity contribution in [1.82, 2.24) is 5.01 Å². The fraction of sp³-hybridized carbons (Fsp3) is 0.167. The van der Waals surface area contributed by atoms with Crippen LogP contribution in [0.4, 0.5) is 18.9 Å². The van der Waals surface area contributed by atoms with Crippen molar-refractivity contribution in [2.24, 2.45) is 5.73 Å². The number of amides is 1. The lowest BCUT2D eigenvalue weighted by atomic mass is 10.0. The monoisotopic (exact) mass is 415 g/mol. The second-order valence-electron chi connectivity index (χ2n) is 5.94. The molecule has 1 aliphatic rings. The van der Waals surface area contributed by atoms with Crippen molar-refractivity contribution in [3.8, 4) is 11.1 Å². The number of benzene rings is 2. The Morgan fingerprint density at radius 1 is 1.15 bits per heavy atom. The van der Waals surface area contributed by atoms with Gasteiger partial charge in [-0.05, 0) is 35.9 Å². The van der Waals surface area contributed by atoms with Crippen LogP contribution in [-0.4, -0.2) is 30.4 Å². The fourth-order valence-electron chi connectivity index (χ4n) is 3.04. The van der Waals surface area contributed by atoms with Crippen molar-refractivity contribution in [2.75, 3.05) is 12.1 Å². The van der Waals surface area contributed by atoms with Gasteiger partial charge in [0.25, 0.3) is 6.43 Å². The first-order chi connectivity index (χ1) is 12.7. The zero-order chi connectivity index (χ0) is 19.9. The summed E-state index contributed by atoms with van der Waals surface area (Å²) in [5.41, 5.74) is 6.06. The molecule has 1 aliphatic heterocycles. The van der Waals surface area contributed by atoms with E-state index in [0.29, 0.717) is 16.1 Å². The first-order valence-electron chi connectivity index (χ1n) is 7.77. The van der Waals surface area contributed by atoms with E-state index in [4.69, 9.17) is 28.9 Å². The molecule has 27 heavy (non-hydrogen) atoms. The van der Waals surface area contributed by atoms with E-state index in [1.54, 1.807) is 6.07 Å². The van der Waals surface area contributed by atoms with Crippen molar-refractivity contribution in [2.45, 2.75) is 12.5 Å². The summed E-state index contributed by atoms with van der Waals surface area (Å²) < 4.78 is 41.5. The van der Waals surface area contributed by atoms with Gasteiger partial charge in [0, 0.05) is 18.8 Å². The first kappa shape index (κ1) is 19.4. The molecule has 9 heteroatoms. The van der Waals surface area contributed by atoms with Gasteiger partial charge in [0.1, 0.15) is 11.9 Å². The molecule has 2 aromatic carbocycles. The van der Waals surface area contributed by atoms with Crippen LogP contribution in [0.5, 0.6) is 0 Å². The highest BCUT2D eigenvalue weighted by Gasteiger charge is 2.41. The number of primary amides is 1. The summed E-state index contributed by atoms with van der Waals surface area (Å²) in [6.45, 7) is 0. The number of halogens is 5. The van der Waals surface area contributed by atoms with Gasteiger partial charge in [-0.1, -0.05) is 29.3 Å². The van der Waals surface area contributed by atoms with Gasteiger partial charge in [-0.3, -0.25) is 14.8 Å². The van der Waals surface area contributed by atoms with Crippen LogP contribution in [-0.2, 0) is 4.79 Å². The quantitative estimate of drug-likeness (QED) is 0.801. The average molecular weight is 416 g/mol. The molecule has 3 rings (SSSR count). The minimum atomic E-state index is -2.90. The van der Waals surface area contributed by atoms with E-state index < -0.39 is 24.2 Å². The second-order valence-corrected chi connectivity index (χ2v) is 6.75. The van der Waals surface area contributed by atoms with Gasteiger partial charge in [0.2, 0.25) is 5.91 Å². The van der Waals surface area contributed by atoms with Crippen molar-refractivity contribution < 1.29 is 18.0 Å². The summed E-state index contributed by atoms with van der Waals surface area (Å²) in [6.07, 6.45) is -1.67. The summed E-state index contributed by atoms with van der Waals surface area (Å²) in [5, 5.41) is 3.06. The highest BCUT2D eigenvalue weighted by Crippen LogP contribution is 2.40. The number of anilines is 1. The van der Waals surface area contributed by atoms with E-state index in [-0.39, 0.29) is 16.3 Å². The molecule has 0 bridgehead atoms. The summed E-state index contributed by atoms with van der Waals surface area (Å²) in [5.74, 6) is -1.51. The van der Waals surface area contributed by atoms with Gasteiger partial charge in [0.05, 0.1) is 21.3 Å². The molecule has 0 spiro atoms. The van der Waals surface area contributed by atoms with E-state index >= 15 is 0 Å². The van der Waals surface area contributed by atoms with Crippen LogP contribution < -0.4 is 10.7 Å². The van der Waals surface area contributed by atoms with E-state index in [1.807, 2.05) is 0 Å². The SMILES string of the molecule is CN1C=C(C(N)=O)C(C(F)F)N1c1ccc(F)cc1-c1ccc(Cl)c(Cl)c1. The second kappa shape index (κ2) is 7.32. The molecule has 2 N–H and O–H groups in total. The fourth-order valence-corrected chi connectivity index (χ4v) is 3.34. The lowest BCUT2D eigenvalue weighted by Gasteiger charge is -2.34. The van der Waals surface area contributed by atoms with Crippen molar-refractivity contribution in [3.05, 3.63) is 64.0 Å². The third kappa shape index (κ3) is 3.57. The maximum atomic E-state index is 13.9. The summed E-state index contributed by atoms with van der Waals surface area (Å²) in [4.78, 5) is 11.6. The number of hydrogen-bond acceptors (Lipinski definition) is 3. The number of nitrogens with zero attached hydrogens (tertiary/aromatic N) is 2. The predicted octanol–water partition coefficient (Wildman–Crippen LogP) is 4.47. The molecule has 0 radical (unpaired) electrons. The van der Waals surface area contributed by atoms with Gasteiger partial charge in [0.15, 0.2) is 0 Å². The van der Waals surface area contributed by atoms with Crippen LogP contribution in [0.1, 0.15) is 0 Å². The van der Waals surface area contributed by atoms with Gasteiger partial charge in [-0.15, -0.1) is 0 Å². The van der Waals surface area contributed by atoms with Crippen LogP contribution in [0.2, 0.25) is 10.0 Å². The third-order valence-electron chi connectivity index (χ3n) is 4.21. The van der Waals surface area contributed by atoms with E-state index in [1.165, 1.54) is 47.5 Å². The molecule has 1 heterocycles. The highest BCUT2D eigenvalue weighted by atomic mass is 35.5. The molecule has 0 saturated carbocycles. The topological polar surface area (TPSA) is 49.6 Å². The molecule has 4 nitrogen and oxygen atoms in total. The minimum Gasteiger partial charge on any atom is -0.366 e. The number of hydrogen-bond donors (Lipinski definition) is 1. The lowest BCUT2D eigenvalue weighted by molar-refractivity contribution is -0.115. The molecule has 1 unspecified atom stereocenters. The smallest absolute Gasteiger partial charge is 0.265 e. The lowest BCUT2D eigenvalue weighted by Crippen LogP contribution is -2.45. The van der Waals surface area contributed by atoms with Crippen molar-refractivity contribution in [1.29, 1.82) is 0 Å². The number of carbonyl (C=O) groups is 1. The molecule has 2 aromatic rings. The first-order valence-corrected chi connectivity index (χ1v) is 8.53. The maximum Gasteiger partial charge on any atom is 0.265 e. The molecule has 0 saturated heterocycles. The van der Waals surface area contributed by atoms with Crippen LogP contribution in [0.15, 0.2) is 48.2 Å². The highest BCUT2D eigenvalue weighted by molar-refractivity contribution is 6.42. The Labute approximate surface area is 163 Å². The van der Waals surface area contributed by atoms with Crippen LogP contribution in [0.3, 0.4) is 0 Å². The molecule has 0 fully saturated rings. The standard InChI is InChI=1S/C18H14Cl2F3N3O/c1-25-8-12(18(24)27)16(17(22)23)26(25)15-5-3-10(21)7-11(15)9-2-4-13(19)14(20)6-9/h2-8,16-17H,1H3,(H2,24,27). The molecular weight excluding hydrogens is 402 g/mol. The Balaban J connectivity index is 2.17. The van der Waals surface area contributed by atoms with Gasteiger partial charge in [-0.2, -0.15) is 0 Å². The predicted molar refractivity (Wildman–Crippen MR) is 99.2 cm³/mol. The number of hydrazine groups is 1. The van der Waals surface area contributed by atoms with Crippen molar-refractivity contribution in [3.63, 3.8) is 0 Å². The summed E-state index contributed by atoms with van der Waals surface area (Å²) >= 11 is 12.0. The Kier molecular flexibility index (Phi) is 5.26. The van der Waals surface area contributed by atoms with Crippen LogP contribution in [0, 0.1) is 5.82 Å². The number of carbonyl (C=O) groups excluding carboxylic acids is 1. The normalized spacial score (nSPS) is 16.9. The molecule has 1 atom stereocenters. The summed E-state index contributed by atoms with van der Waals surface area (Å²) in [6, 6.07) is 6.75. The largest absolute Gasteiger partial charge is 0.366 e. The van der Waals surface area contributed by atoms with Crippen LogP contribution >= 0.6 is 23.2 Å². The number of rotatable bonds is 4. The Bertz CT molecular complexity index is 936. The Morgan fingerprint density at radius 2 is 1.85 bits per heavy atom. The zero-order valence-corrected chi connectivity index (χ0v) is 15.5. The molecule has 142 valence electrons. The van der Waals surface area contributed by atoms with E-state index in [2.05, 4.69) is 0 Å². The van der Waals surface area contributed by atoms with Gasteiger partial charge >= 0.3 is 0 Å². The van der Waals surface area contributed by atoms with E-state index in [0.717, 1.165) is 6.07 Å². The minimum absolute atomic E-state index is 0.237. The third-order valence-corrected chi connectivity index (χ3v) is 4.95. The Morgan fingerprint density at radius 3 is 2.44 bits per heavy atom. The summed E-state index contributed by atoms with van der Waals surface area (Å²) in [7, 11) is 1.49. The average Bonchev–Trinajstić information content (AvgIpc) is 2.95. The number of alkyl halides is 2. The van der Waals surface area contributed by atoms with Gasteiger partial charge in [-0.25, -0.2) is 13.2 Å². The van der Waals surface area contributed by atoms with Gasteiger partial charge < -0.3 is 5.73 Å². The van der Waals surface area contributed by atoms with Crippen molar-refractivity contribution >= 4 is 34.8 Å². The van der Waals surface area contributed by atoms with Crippen LogP contribution in [0.25, 0.3) is 11.1 Å². The Hall–Kier alpha value is -2.38. The zero-order valence-electron chi connectivity index (χ0n) is 14.0. The molecular formula is C18H14Cl2F3N3O.